The molecule has 1 atom stereocenters. The molecular formula is C16H26ClN3O3. The Morgan fingerprint density at radius 3 is 2.83 bits per heavy atom. The molecule has 3 heterocycles. The first kappa shape index (κ1) is 18.3. The molecule has 0 saturated carbocycles. The van der Waals surface area contributed by atoms with E-state index < -0.39 is 0 Å². The first-order valence-electron chi connectivity index (χ1n) is 8.02. The standard InChI is InChI=1S/C16H25N3O3.ClH/c1-12-15(16(20)21-2)9-14(22-12)11-18-6-3-13(10-18)19-7-4-17-5-8-19;/h9,13,17H,3-8,10-11H2,1-2H3;1H. The highest BCUT2D eigenvalue weighted by molar-refractivity contribution is 5.90. The van der Waals surface area contributed by atoms with Crippen molar-refractivity contribution in [2.75, 3.05) is 46.4 Å². The van der Waals surface area contributed by atoms with E-state index in [1.165, 1.54) is 13.5 Å². The molecule has 0 aliphatic carbocycles. The minimum atomic E-state index is -0.326. The number of methoxy groups -OCH3 is 1. The summed E-state index contributed by atoms with van der Waals surface area (Å²) in [5.74, 6) is 1.16. The van der Waals surface area contributed by atoms with Crippen LogP contribution in [0.2, 0.25) is 0 Å². The topological polar surface area (TPSA) is 58.0 Å². The number of hydrogen-bond acceptors (Lipinski definition) is 6. The summed E-state index contributed by atoms with van der Waals surface area (Å²) in [6.45, 7) is 9.21. The van der Waals surface area contributed by atoms with Crippen molar-refractivity contribution in [3.63, 3.8) is 0 Å². The van der Waals surface area contributed by atoms with Crippen LogP contribution in [-0.2, 0) is 11.3 Å². The van der Waals surface area contributed by atoms with E-state index >= 15 is 0 Å². The van der Waals surface area contributed by atoms with E-state index in [1.54, 1.807) is 0 Å². The highest BCUT2D eigenvalue weighted by Gasteiger charge is 2.29. The monoisotopic (exact) mass is 343 g/mol. The van der Waals surface area contributed by atoms with Gasteiger partial charge in [0.2, 0.25) is 0 Å². The van der Waals surface area contributed by atoms with Crippen molar-refractivity contribution >= 4 is 18.4 Å². The van der Waals surface area contributed by atoms with Gasteiger partial charge in [0, 0.05) is 45.3 Å². The molecule has 1 unspecified atom stereocenters. The summed E-state index contributed by atoms with van der Waals surface area (Å²) in [7, 11) is 1.40. The fourth-order valence-electron chi connectivity index (χ4n) is 3.46. The van der Waals surface area contributed by atoms with Gasteiger partial charge in [-0.1, -0.05) is 0 Å². The normalized spacial score (nSPS) is 22.8. The Bertz CT molecular complexity index is 529. The number of piperazine rings is 1. The SMILES string of the molecule is COC(=O)c1cc(CN2CCC(N3CCNCC3)C2)oc1C.Cl. The van der Waals surface area contributed by atoms with E-state index in [0.29, 0.717) is 17.4 Å². The van der Waals surface area contributed by atoms with Gasteiger partial charge >= 0.3 is 5.97 Å². The zero-order chi connectivity index (χ0) is 15.5. The third-order valence-electron chi connectivity index (χ3n) is 4.67. The predicted octanol–water partition coefficient (Wildman–Crippen LogP) is 1.28. The molecule has 2 aliphatic rings. The molecule has 7 heteroatoms. The van der Waals surface area contributed by atoms with Crippen LogP contribution in [-0.4, -0.2) is 68.2 Å². The number of nitrogens with zero attached hydrogens (tertiary/aromatic N) is 2. The lowest BCUT2D eigenvalue weighted by Crippen LogP contribution is -2.49. The third-order valence-corrected chi connectivity index (χ3v) is 4.67. The molecule has 130 valence electrons. The van der Waals surface area contributed by atoms with Gasteiger partial charge in [0.05, 0.1) is 13.7 Å². The van der Waals surface area contributed by atoms with Crippen LogP contribution in [0.5, 0.6) is 0 Å². The zero-order valence-corrected chi connectivity index (χ0v) is 14.7. The summed E-state index contributed by atoms with van der Waals surface area (Å²) in [6.07, 6.45) is 1.21. The molecule has 2 aliphatic heterocycles. The third kappa shape index (κ3) is 4.26. The van der Waals surface area contributed by atoms with E-state index in [1.807, 2.05) is 13.0 Å². The molecule has 23 heavy (non-hydrogen) atoms. The van der Waals surface area contributed by atoms with Crippen LogP contribution in [0.25, 0.3) is 0 Å². The number of rotatable bonds is 4. The highest BCUT2D eigenvalue weighted by atomic mass is 35.5. The Balaban J connectivity index is 0.00000192. The van der Waals surface area contributed by atoms with Crippen molar-refractivity contribution in [2.24, 2.45) is 0 Å². The number of halogens is 1. The molecule has 2 saturated heterocycles. The van der Waals surface area contributed by atoms with Gasteiger partial charge in [0.25, 0.3) is 0 Å². The molecular weight excluding hydrogens is 318 g/mol. The molecule has 0 bridgehead atoms. The van der Waals surface area contributed by atoms with Gasteiger partial charge in [-0.05, 0) is 19.4 Å². The molecule has 1 N–H and O–H groups in total. The Morgan fingerprint density at radius 2 is 2.13 bits per heavy atom. The Kier molecular flexibility index (Phi) is 6.47. The van der Waals surface area contributed by atoms with E-state index in [2.05, 4.69) is 15.1 Å². The first-order chi connectivity index (χ1) is 10.7. The number of carbonyl (C=O) groups excluding carboxylic acids is 1. The van der Waals surface area contributed by atoms with E-state index in [4.69, 9.17) is 9.15 Å². The van der Waals surface area contributed by atoms with E-state index in [0.717, 1.165) is 51.6 Å². The average Bonchev–Trinajstić information content (AvgIpc) is 3.14. The summed E-state index contributed by atoms with van der Waals surface area (Å²) >= 11 is 0. The summed E-state index contributed by atoms with van der Waals surface area (Å²) in [6, 6.07) is 2.47. The maximum atomic E-state index is 11.6. The molecule has 0 amide bonds. The van der Waals surface area contributed by atoms with Gasteiger partial charge in [0.15, 0.2) is 0 Å². The Morgan fingerprint density at radius 1 is 1.39 bits per heavy atom. The van der Waals surface area contributed by atoms with Crippen LogP contribution in [0.3, 0.4) is 0 Å². The molecule has 1 aromatic rings. The van der Waals surface area contributed by atoms with Gasteiger partial charge in [-0.15, -0.1) is 12.4 Å². The van der Waals surface area contributed by atoms with Gasteiger partial charge in [-0.3, -0.25) is 9.80 Å². The fourth-order valence-corrected chi connectivity index (χ4v) is 3.46. The molecule has 0 spiro atoms. The second kappa shape index (κ2) is 8.15. The minimum Gasteiger partial charge on any atom is -0.465 e. The predicted molar refractivity (Wildman–Crippen MR) is 90.2 cm³/mol. The van der Waals surface area contributed by atoms with Crippen molar-refractivity contribution in [3.05, 3.63) is 23.2 Å². The summed E-state index contributed by atoms with van der Waals surface area (Å²) in [5, 5.41) is 3.40. The van der Waals surface area contributed by atoms with Crippen molar-refractivity contribution in [1.82, 2.24) is 15.1 Å². The largest absolute Gasteiger partial charge is 0.465 e. The smallest absolute Gasteiger partial charge is 0.341 e. The van der Waals surface area contributed by atoms with Gasteiger partial charge in [0.1, 0.15) is 17.1 Å². The fraction of sp³-hybridized carbons (Fsp3) is 0.688. The molecule has 6 nitrogen and oxygen atoms in total. The van der Waals surface area contributed by atoms with Gasteiger partial charge in [-0.2, -0.15) is 0 Å². The molecule has 2 fully saturated rings. The van der Waals surface area contributed by atoms with E-state index in [9.17, 15) is 4.79 Å². The molecule has 3 rings (SSSR count). The number of furan rings is 1. The van der Waals surface area contributed by atoms with Crippen molar-refractivity contribution in [3.8, 4) is 0 Å². The number of hydrogen-bond donors (Lipinski definition) is 1. The first-order valence-corrected chi connectivity index (χ1v) is 8.02. The minimum absolute atomic E-state index is 0. The van der Waals surface area contributed by atoms with Crippen LogP contribution in [0.15, 0.2) is 10.5 Å². The Labute approximate surface area is 143 Å². The van der Waals surface area contributed by atoms with Crippen LogP contribution in [0, 0.1) is 6.92 Å². The number of carbonyl (C=O) groups is 1. The van der Waals surface area contributed by atoms with Crippen LogP contribution in [0.1, 0.15) is 28.3 Å². The lowest BCUT2D eigenvalue weighted by Gasteiger charge is -2.32. The lowest BCUT2D eigenvalue weighted by atomic mass is 10.2. The maximum absolute atomic E-state index is 11.6. The Hall–Kier alpha value is -1.08. The van der Waals surface area contributed by atoms with Gasteiger partial charge < -0.3 is 14.5 Å². The van der Waals surface area contributed by atoms with E-state index in [-0.39, 0.29) is 18.4 Å². The summed E-state index contributed by atoms with van der Waals surface area (Å²) < 4.78 is 10.5. The maximum Gasteiger partial charge on any atom is 0.341 e. The lowest BCUT2D eigenvalue weighted by molar-refractivity contribution is 0.0599. The van der Waals surface area contributed by atoms with Crippen molar-refractivity contribution in [2.45, 2.75) is 25.9 Å². The van der Waals surface area contributed by atoms with Crippen LogP contribution in [0.4, 0.5) is 0 Å². The highest BCUT2D eigenvalue weighted by Crippen LogP contribution is 2.21. The van der Waals surface area contributed by atoms with Gasteiger partial charge in [-0.25, -0.2) is 4.79 Å². The summed E-state index contributed by atoms with van der Waals surface area (Å²) in [5.41, 5.74) is 0.537. The van der Waals surface area contributed by atoms with Crippen molar-refractivity contribution in [1.29, 1.82) is 0 Å². The number of ether oxygens (including phenoxy) is 1. The molecule has 0 aromatic carbocycles. The van der Waals surface area contributed by atoms with Crippen molar-refractivity contribution < 1.29 is 13.9 Å². The number of likely N-dealkylation sites (tertiary alicyclic amines) is 1. The second-order valence-electron chi connectivity index (χ2n) is 6.14. The second-order valence-corrected chi connectivity index (χ2v) is 6.14. The van der Waals surface area contributed by atoms with Crippen LogP contribution < -0.4 is 5.32 Å². The number of nitrogens with one attached hydrogen (secondary N) is 1. The number of aryl methyl sites for hydroxylation is 1. The molecule has 0 radical (unpaired) electrons. The zero-order valence-electron chi connectivity index (χ0n) is 13.8. The van der Waals surface area contributed by atoms with Crippen LogP contribution >= 0.6 is 12.4 Å². The summed E-state index contributed by atoms with van der Waals surface area (Å²) in [4.78, 5) is 16.6. The molecule has 1 aromatic heterocycles. The average molecular weight is 344 g/mol. The quantitative estimate of drug-likeness (QED) is 0.831. The number of esters is 1.